The fraction of sp³-hybridized carbons (Fsp3) is 0.267. The van der Waals surface area contributed by atoms with E-state index >= 15 is 0 Å². The highest BCUT2D eigenvalue weighted by Gasteiger charge is 2.17. The monoisotopic (exact) mass is 300 g/mol. The van der Waals surface area contributed by atoms with Crippen molar-refractivity contribution in [1.82, 2.24) is 18.7 Å². The van der Waals surface area contributed by atoms with Gasteiger partial charge in [-0.1, -0.05) is 18.2 Å². The summed E-state index contributed by atoms with van der Waals surface area (Å²) >= 11 is 0. The molecule has 0 amide bonds. The maximum absolute atomic E-state index is 12.6. The number of hydrogen-bond acceptors (Lipinski definition) is 4. The molecule has 0 spiro atoms. The van der Waals surface area contributed by atoms with Crippen LogP contribution in [-0.2, 0) is 13.1 Å². The normalized spacial score (nSPS) is 11.2. The van der Waals surface area contributed by atoms with Crippen LogP contribution in [0.5, 0.6) is 0 Å². The number of aliphatic hydroxyl groups is 1. The van der Waals surface area contributed by atoms with Gasteiger partial charge in [0, 0.05) is 13.1 Å². The van der Waals surface area contributed by atoms with Crippen LogP contribution in [0.15, 0.2) is 46.2 Å². The predicted molar refractivity (Wildman–Crippen MR) is 82.3 cm³/mol. The van der Waals surface area contributed by atoms with Gasteiger partial charge in [-0.2, -0.15) is 0 Å². The van der Waals surface area contributed by atoms with Gasteiger partial charge in [-0.3, -0.25) is 9.36 Å². The highest BCUT2D eigenvalue weighted by molar-refractivity contribution is 5.72. The Morgan fingerprint density at radius 3 is 2.55 bits per heavy atom. The average molecular weight is 300 g/mol. The van der Waals surface area contributed by atoms with Crippen LogP contribution in [-0.4, -0.2) is 30.4 Å². The molecule has 0 saturated carbocycles. The second-order valence-electron chi connectivity index (χ2n) is 4.84. The van der Waals surface area contributed by atoms with E-state index in [4.69, 9.17) is 5.11 Å². The standard InChI is InChI=1S/C15H16N4O3/c1-2-18-14(21)12-13(16-10-17(12)8-9-20)19(15(18)22)11-6-4-3-5-7-11/h3-7,10,20H,2,8-9H2,1H3. The summed E-state index contributed by atoms with van der Waals surface area (Å²) in [7, 11) is 0. The lowest BCUT2D eigenvalue weighted by atomic mass is 10.3. The van der Waals surface area contributed by atoms with Gasteiger partial charge in [-0.25, -0.2) is 14.3 Å². The summed E-state index contributed by atoms with van der Waals surface area (Å²) in [5.74, 6) is 0. The van der Waals surface area contributed by atoms with Gasteiger partial charge in [0.15, 0.2) is 11.2 Å². The van der Waals surface area contributed by atoms with Gasteiger partial charge in [0.2, 0.25) is 0 Å². The summed E-state index contributed by atoms with van der Waals surface area (Å²) in [6.07, 6.45) is 1.47. The highest BCUT2D eigenvalue weighted by atomic mass is 16.3. The third-order valence-electron chi connectivity index (χ3n) is 3.57. The summed E-state index contributed by atoms with van der Waals surface area (Å²) in [6, 6.07) is 9.07. The third-order valence-corrected chi connectivity index (χ3v) is 3.57. The SMILES string of the molecule is CCn1c(=O)c2c(ncn2CCO)n(-c2ccccc2)c1=O. The first-order chi connectivity index (χ1) is 10.7. The fourth-order valence-corrected chi connectivity index (χ4v) is 2.55. The van der Waals surface area contributed by atoms with Crippen LogP contribution in [0, 0.1) is 0 Å². The molecule has 0 fully saturated rings. The van der Waals surface area contributed by atoms with Gasteiger partial charge in [0.05, 0.1) is 18.6 Å². The molecule has 0 saturated heterocycles. The number of nitrogens with zero attached hydrogens (tertiary/aromatic N) is 4. The zero-order valence-corrected chi connectivity index (χ0v) is 12.1. The highest BCUT2D eigenvalue weighted by Crippen LogP contribution is 2.12. The Morgan fingerprint density at radius 1 is 1.18 bits per heavy atom. The minimum Gasteiger partial charge on any atom is -0.395 e. The molecule has 7 nitrogen and oxygen atoms in total. The number of para-hydroxylation sites is 1. The number of fused-ring (bicyclic) bond motifs is 1. The van der Waals surface area contributed by atoms with Crippen molar-refractivity contribution in [2.24, 2.45) is 0 Å². The third kappa shape index (κ3) is 2.06. The average Bonchev–Trinajstić information content (AvgIpc) is 2.93. The lowest BCUT2D eigenvalue weighted by Gasteiger charge is -2.11. The van der Waals surface area contributed by atoms with Gasteiger partial charge in [-0.05, 0) is 19.1 Å². The fourth-order valence-electron chi connectivity index (χ4n) is 2.55. The van der Waals surface area contributed by atoms with Crippen LogP contribution >= 0.6 is 0 Å². The summed E-state index contributed by atoms with van der Waals surface area (Å²) in [5, 5.41) is 9.13. The molecule has 0 bridgehead atoms. The molecule has 3 rings (SSSR count). The van der Waals surface area contributed by atoms with Gasteiger partial charge < -0.3 is 9.67 Å². The first kappa shape index (κ1) is 14.3. The van der Waals surface area contributed by atoms with Gasteiger partial charge in [0.1, 0.15) is 0 Å². The second kappa shape index (κ2) is 5.61. The van der Waals surface area contributed by atoms with Crippen molar-refractivity contribution in [2.75, 3.05) is 6.61 Å². The van der Waals surface area contributed by atoms with Gasteiger partial charge >= 0.3 is 5.69 Å². The predicted octanol–water partition coefficient (Wildman–Crippen LogP) is 0.361. The molecule has 114 valence electrons. The van der Waals surface area contributed by atoms with E-state index < -0.39 is 5.69 Å². The molecule has 2 heterocycles. The minimum atomic E-state index is -0.416. The van der Waals surface area contributed by atoms with Crippen LogP contribution in [0.1, 0.15) is 6.92 Å². The second-order valence-corrected chi connectivity index (χ2v) is 4.84. The lowest BCUT2D eigenvalue weighted by molar-refractivity contribution is 0.277. The largest absolute Gasteiger partial charge is 0.395 e. The first-order valence-electron chi connectivity index (χ1n) is 7.06. The van der Waals surface area contributed by atoms with E-state index in [0.29, 0.717) is 16.9 Å². The number of aromatic nitrogens is 4. The Bertz CT molecular complexity index is 922. The van der Waals surface area contributed by atoms with Gasteiger partial charge in [-0.15, -0.1) is 0 Å². The van der Waals surface area contributed by atoms with Crippen molar-refractivity contribution in [3.63, 3.8) is 0 Å². The first-order valence-corrected chi connectivity index (χ1v) is 7.06. The molecule has 1 aromatic carbocycles. The molecule has 2 aromatic heterocycles. The maximum Gasteiger partial charge on any atom is 0.337 e. The zero-order chi connectivity index (χ0) is 15.7. The van der Waals surface area contributed by atoms with Crippen molar-refractivity contribution in [1.29, 1.82) is 0 Å². The minimum absolute atomic E-state index is 0.110. The van der Waals surface area contributed by atoms with Crippen LogP contribution in [0.3, 0.4) is 0 Å². The van der Waals surface area contributed by atoms with Crippen molar-refractivity contribution in [3.05, 3.63) is 57.5 Å². The van der Waals surface area contributed by atoms with E-state index in [9.17, 15) is 9.59 Å². The van der Waals surface area contributed by atoms with Crippen LogP contribution in [0.25, 0.3) is 16.9 Å². The van der Waals surface area contributed by atoms with Crippen LogP contribution < -0.4 is 11.2 Å². The molecular formula is C15H16N4O3. The molecule has 0 aliphatic rings. The Labute approximate surface area is 125 Å². The molecule has 0 aliphatic heterocycles. The summed E-state index contributed by atoms with van der Waals surface area (Å²) in [6.45, 7) is 2.16. The Kier molecular flexibility index (Phi) is 3.64. The molecule has 22 heavy (non-hydrogen) atoms. The van der Waals surface area contributed by atoms with E-state index in [1.807, 2.05) is 18.2 Å². The number of hydrogen-bond donors (Lipinski definition) is 1. The smallest absolute Gasteiger partial charge is 0.337 e. The molecule has 1 N–H and O–H groups in total. The molecule has 0 unspecified atom stereocenters. The maximum atomic E-state index is 12.6. The Balaban J connectivity index is 2.47. The van der Waals surface area contributed by atoms with E-state index in [2.05, 4.69) is 4.98 Å². The Hall–Kier alpha value is -2.67. The topological polar surface area (TPSA) is 82.0 Å². The quantitative estimate of drug-likeness (QED) is 0.754. The molecule has 0 atom stereocenters. The van der Waals surface area contributed by atoms with Gasteiger partial charge in [0.25, 0.3) is 5.56 Å². The van der Waals surface area contributed by atoms with E-state index in [0.717, 1.165) is 0 Å². The number of rotatable bonds is 4. The number of benzene rings is 1. The van der Waals surface area contributed by atoms with E-state index in [-0.39, 0.29) is 25.3 Å². The van der Waals surface area contributed by atoms with E-state index in [1.54, 1.807) is 23.6 Å². The Morgan fingerprint density at radius 2 is 1.91 bits per heavy atom. The molecule has 3 aromatic rings. The number of aliphatic hydroxyl groups excluding tert-OH is 1. The summed E-state index contributed by atoms with van der Waals surface area (Å²) in [5.41, 5.74) is 0.466. The molecular weight excluding hydrogens is 284 g/mol. The van der Waals surface area contributed by atoms with Crippen molar-refractivity contribution >= 4 is 11.2 Å². The number of imidazole rings is 1. The molecule has 7 heteroatoms. The summed E-state index contributed by atoms with van der Waals surface area (Å²) < 4.78 is 4.17. The van der Waals surface area contributed by atoms with Crippen LogP contribution in [0.4, 0.5) is 0 Å². The molecule has 0 radical (unpaired) electrons. The zero-order valence-electron chi connectivity index (χ0n) is 12.1. The molecule has 0 aliphatic carbocycles. The van der Waals surface area contributed by atoms with E-state index in [1.165, 1.54) is 15.5 Å². The lowest BCUT2D eigenvalue weighted by Crippen LogP contribution is -2.39. The van der Waals surface area contributed by atoms with Crippen molar-refractivity contribution in [3.8, 4) is 5.69 Å². The summed E-state index contributed by atoms with van der Waals surface area (Å²) in [4.78, 5) is 29.4. The van der Waals surface area contributed by atoms with Crippen LogP contribution in [0.2, 0.25) is 0 Å². The van der Waals surface area contributed by atoms with Crippen molar-refractivity contribution < 1.29 is 5.11 Å². The van der Waals surface area contributed by atoms with Crippen molar-refractivity contribution in [2.45, 2.75) is 20.0 Å².